The van der Waals surface area contributed by atoms with Gasteiger partial charge in [-0.1, -0.05) is 19.8 Å². The number of amides is 1. The van der Waals surface area contributed by atoms with Crippen molar-refractivity contribution in [2.24, 2.45) is 5.92 Å². The number of likely N-dealkylation sites (tertiary alicyclic amines) is 1. The number of aliphatic carboxylic acids is 1. The molecule has 1 saturated carbocycles. The van der Waals surface area contributed by atoms with Crippen LogP contribution in [-0.4, -0.2) is 47.2 Å². The Bertz CT molecular complexity index is 352. The van der Waals surface area contributed by atoms with E-state index in [2.05, 4.69) is 0 Å². The van der Waals surface area contributed by atoms with Gasteiger partial charge in [0.2, 0.25) is 0 Å². The molecule has 0 aromatic heterocycles. The number of rotatable bonds is 5. The fraction of sp³-hybridized carbons (Fsp3) is 0.867. The molecule has 2 fully saturated rings. The Morgan fingerprint density at radius 2 is 1.95 bits per heavy atom. The molecule has 2 aliphatic rings. The van der Waals surface area contributed by atoms with Crippen molar-refractivity contribution in [3.05, 3.63) is 0 Å². The first-order chi connectivity index (χ1) is 9.61. The lowest BCUT2D eigenvalue weighted by atomic mass is 9.97. The van der Waals surface area contributed by atoms with Gasteiger partial charge in [-0.3, -0.25) is 9.59 Å². The second-order valence-electron chi connectivity index (χ2n) is 5.90. The van der Waals surface area contributed by atoms with E-state index < -0.39 is 18.0 Å². The van der Waals surface area contributed by atoms with E-state index in [0.717, 1.165) is 19.3 Å². The van der Waals surface area contributed by atoms with Gasteiger partial charge in [-0.25, -0.2) is 0 Å². The van der Waals surface area contributed by atoms with E-state index in [1.807, 2.05) is 6.92 Å². The van der Waals surface area contributed by atoms with Gasteiger partial charge in [0.15, 0.2) is 0 Å². The van der Waals surface area contributed by atoms with Gasteiger partial charge in [0.05, 0.1) is 12.0 Å². The maximum atomic E-state index is 12.5. The van der Waals surface area contributed by atoms with Crippen LogP contribution < -0.4 is 0 Å². The first kappa shape index (κ1) is 15.3. The Morgan fingerprint density at radius 3 is 2.55 bits per heavy atom. The van der Waals surface area contributed by atoms with Crippen LogP contribution in [0.15, 0.2) is 0 Å². The second kappa shape index (κ2) is 7.07. The van der Waals surface area contributed by atoms with E-state index >= 15 is 0 Å². The fourth-order valence-corrected chi connectivity index (χ4v) is 3.17. The minimum Gasteiger partial charge on any atom is -0.481 e. The Labute approximate surface area is 120 Å². The van der Waals surface area contributed by atoms with E-state index in [9.17, 15) is 9.59 Å². The van der Waals surface area contributed by atoms with Crippen LogP contribution in [0.3, 0.4) is 0 Å². The first-order valence-corrected chi connectivity index (χ1v) is 7.79. The third-order valence-electron chi connectivity index (χ3n) is 4.39. The maximum Gasteiger partial charge on any atom is 0.308 e. The monoisotopic (exact) mass is 283 g/mol. The average molecular weight is 283 g/mol. The highest BCUT2D eigenvalue weighted by Gasteiger charge is 2.33. The number of carboxylic acids is 1. The molecule has 20 heavy (non-hydrogen) atoms. The summed E-state index contributed by atoms with van der Waals surface area (Å²) >= 11 is 0. The quantitative estimate of drug-likeness (QED) is 0.838. The highest BCUT2D eigenvalue weighted by molar-refractivity contribution is 5.82. The summed E-state index contributed by atoms with van der Waals surface area (Å²) in [6.07, 6.45) is 6.35. The van der Waals surface area contributed by atoms with Crippen molar-refractivity contribution in [1.29, 1.82) is 0 Å². The molecule has 1 N–H and O–H groups in total. The topological polar surface area (TPSA) is 66.8 Å². The molecule has 5 heteroatoms. The number of hydrogen-bond acceptors (Lipinski definition) is 3. The van der Waals surface area contributed by atoms with Crippen LogP contribution in [0.2, 0.25) is 0 Å². The summed E-state index contributed by atoms with van der Waals surface area (Å²) in [6.45, 7) is 2.95. The van der Waals surface area contributed by atoms with Crippen molar-refractivity contribution in [1.82, 2.24) is 4.90 Å². The van der Waals surface area contributed by atoms with Gasteiger partial charge in [-0.15, -0.1) is 0 Å². The fourth-order valence-electron chi connectivity index (χ4n) is 3.17. The number of piperidine rings is 1. The number of nitrogens with zero attached hydrogens (tertiary/aromatic N) is 1. The zero-order valence-electron chi connectivity index (χ0n) is 12.2. The molecule has 2 rings (SSSR count). The molecule has 2 atom stereocenters. The highest BCUT2D eigenvalue weighted by Crippen LogP contribution is 2.24. The van der Waals surface area contributed by atoms with Gasteiger partial charge in [-0.2, -0.15) is 0 Å². The van der Waals surface area contributed by atoms with Crippen LogP contribution in [-0.2, 0) is 14.3 Å². The highest BCUT2D eigenvalue weighted by atomic mass is 16.5. The van der Waals surface area contributed by atoms with Crippen LogP contribution in [0.1, 0.15) is 51.9 Å². The van der Waals surface area contributed by atoms with Gasteiger partial charge >= 0.3 is 5.97 Å². The van der Waals surface area contributed by atoms with Crippen LogP contribution in [0.25, 0.3) is 0 Å². The lowest BCUT2D eigenvalue weighted by Crippen LogP contribution is -2.47. The Morgan fingerprint density at radius 1 is 1.25 bits per heavy atom. The Balaban J connectivity index is 1.91. The minimum absolute atomic E-state index is 0.0228. The van der Waals surface area contributed by atoms with Crippen molar-refractivity contribution >= 4 is 11.9 Å². The zero-order valence-corrected chi connectivity index (χ0v) is 12.2. The van der Waals surface area contributed by atoms with Crippen LogP contribution >= 0.6 is 0 Å². The molecule has 0 unspecified atom stereocenters. The van der Waals surface area contributed by atoms with Gasteiger partial charge < -0.3 is 14.7 Å². The van der Waals surface area contributed by atoms with E-state index in [-0.39, 0.29) is 12.0 Å². The number of ether oxygens (including phenoxy) is 1. The number of carbonyl (C=O) groups is 2. The van der Waals surface area contributed by atoms with E-state index in [1.54, 1.807) is 4.90 Å². The molecule has 1 aliphatic heterocycles. The van der Waals surface area contributed by atoms with Gasteiger partial charge in [-0.05, 0) is 32.1 Å². The molecule has 1 saturated heterocycles. The third-order valence-corrected chi connectivity index (χ3v) is 4.39. The Hall–Kier alpha value is -1.10. The zero-order chi connectivity index (χ0) is 14.5. The summed E-state index contributed by atoms with van der Waals surface area (Å²) in [5.74, 6) is -1.24. The minimum atomic E-state index is -0.799. The SMILES string of the molecule is CC[C@H](OC1CCCC1)C(=O)N1CCC[C@@H](C(=O)O)C1. The van der Waals surface area contributed by atoms with Gasteiger partial charge in [0.1, 0.15) is 6.10 Å². The summed E-state index contributed by atoms with van der Waals surface area (Å²) in [4.78, 5) is 25.3. The summed E-state index contributed by atoms with van der Waals surface area (Å²) in [5, 5.41) is 9.09. The van der Waals surface area contributed by atoms with E-state index in [0.29, 0.717) is 25.9 Å². The summed E-state index contributed by atoms with van der Waals surface area (Å²) < 4.78 is 5.93. The summed E-state index contributed by atoms with van der Waals surface area (Å²) in [5.41, 5.74) is 0. The van der Waals surface area contributed by atoms with Crippen molar-refractivity contribution in [2.45, 2.75) is 64.1 Å². The molecule has 1 heterocycles. The molecule has 0 aromatic carbocycles. The first-order valence-electron chi connectivity index (χ1n) is 7.79. The van der Waals surface area contributed by atoms with Crippen LogP contribution in [0.5, 0.6) is 0 Å². The largest absolute Gasteiger partial charge is 0.481 e. The molecule has 1 amide bonds. The second-order valence-corrected chi connectivity index (χ2v) is 5.90. The van der Waals surface area contributed by atoms with Crippen LogP contribution in [0.4, 0.5) is 0 Å². The smallest absolute Gasteiger partial charge is 0.308 e. The van der Waals surface area contributed by atoms with Crippen molar-refractivity contribution in [2.75, 3.05) is 13.1 Å². The van der Waals surface area contributed by atoms with Gasteiger partial charge in [0.25, 0.3) is 5.91 Å². The average Bonchev–Trinajstić information content (AvgIpc) is 2.97. The van der Waals surface area contributed by atoms with Crippen molar-refractivity contribution in [3.63, 3.8) is 0 Å². The van der Waals surface area contributed by atoms with Crippen molar-refractivity contribution in [3.8, 4) is 0 Å². The molecule has 0 aromatic rings. The van der Waals surface area contributed by atoms with E-state index in [4.69, 9.17) is 9.84 Å². The molecular formula is C15H25NO4. The predicted octanol–water partition coefficient (Wildman–Crippen LogP) is 2.05. The van der Waals surface area contributed by atoms with E-state index in [1.165, 1.54) is 12.8 Å². The molecular weight excluding hydrogens is 258 g/mol. The third kappa shape index (κ3) is 3.72. The molecule has 5 nitrogen and oxygen atoms in total. The Kier molecular flexibility index (Phi) is 5.40. The maximum absolute atomic E-state index is 12.5. The summed E-state index contributed by atoms with van der Waals surface area (Å²) in [7, 11) is 0. The van der Waals surface area contributed by atoms with Gasteiger partial charge in [0, 0.05) is 13.1 Å². The normalized spacial score (nSPS) is 25.6. The lowest BCUT2D eigenvalue weighted by molar-refractivity contribution is -0.153. The molecule has 0 bridgehead atoms. The standard InChI is InChI=1S/C15H25NO4/c1-2-13(20-12-7-3-4-8-12)14(17)16-9-5-6-11(10-16)15(18)19/h11-13H,2-10H2,1H3,(H,18,19)/t11-,13+/m1/s1. The lowest BCUT2D eigenvalue weighted by Gasteiger charge is -2.33. The summed E-state index contributed by atoms with van der Waals surface area (Å²) in [6, 6.07) is 0. The van der Waals surface area contributed by atoms with Crippen LogP contribution in [0, 0.1) is 5.92 Å². The number of hydrogen-bond donors (Lipinski definition) is 1. The molecule has 0 radical (unpaired) electrons. The number of carbonyl (C=O) groups excluding carboxylic acids is 1. The molecule has 0 spiro atoms. The predicted molar refractivity (Wildman–Crippen MR) is 74.4 cm³/mol. The van der Waals surface area contributed by atoms with Crippen molar-refractivity contribution < 1.29 is 19.4 Å². The molecule has 114 valence electrons. The number of carboxylic acid groups (broad SMARTS) is 1. The molecule has 1 aliphatic carbocycles.